The number of carbonyl (C=O) groups is 1. The first-order chi connectivity index (χ1) is 29.3. The van der Waals surface area contributed by atoms with Crippen LogP contribution in [-0.2, 0) is 9.53 Å². The topological polar surface area (TPSA) is 160 Å². The van der Waals surface area contributed by atoms with Crippen LogP contribution in [-0.4, -0.2) is 97.0 Å². The van der Waals surface area contributed by atoms with E-state index in [0.29, 0.717) is 12.8 Å². The molecule has 1 saturated heterocycles. The Hall–Kier alpha value is -5.74. The Labute approximate surface area is 361 Å². The van der Waals surface area contributed by atoms with Crippen LogP contribution in [0.2, 0.25) is 0 Å². The standard InChI is InChI=1S/C50H51NO8S/c1-3-5-7-9-11-13-15-17-18-19-20-21-22-23-24-25-26-27-29-31-33-35-37-39-45(54)51-42(41-60-50-49(58)48(57)47(56)44(40-52)59-50)46(55)43(53)38-36-34-32-30-28-16-14-12-10-8-6-4-2/h42-44,46-50,52-53,55-58H,4,6,8,10,12,14,16,28,30,32,34,36,38,40-41H2,1-2H3,(H,51,54)/t42-,43+,44?,46-,47-,48-,49?,50-/m0/s1. The summed E-state index contributed by atoms with van der Waals surface area (Å²) in [6.45, 7) is 3.29. The Morgan fingerprint density at radius 1 is 0.583 bits per heavy atom. The predicted molar refractivity (Wildman–Crippen MR) is 235 cm³/mol. The zero-order chi connectivity index (χ0) is 43.9. The number of carbonyl (C=O) groups excluding carboxylic acids is 1. The van der Waals surface area contributed by atoms with E-state index in [-0.39, 0.29) is 5.75 Å². The smallest absolute Gasteiger partial charge is 0.297 e. The molecule has 8 atom stereocenters. The van der Waals surface area contributed by atoms with Crippen LogP contribution in [0.5, 0.6) is 0 Å². The van der Waals surface area contributed by atoms with Gasteiger partial charge in [-0.2, -0.15) is 0 Å². The van der Waals surface area contributed by atoms with Crippen LogP contribution in [0.15, 0.2) is 0 Å². The van der Waals surface area contributed by atoms with E-state index in [2.05, 4.69) is 154 Å². The van der Waals surface area contributed by atoms with Gasteiger partial charge in [-0.25, -0.2) is 0 Å². The van der Waals surface area contributed by atoms with Gasteiger partial charge in [0.05, 0.1) is 18.8 Å². The molecule has 60 heavy (non-hydrogen) atoms. The molecule has 1 heterocycles. The maximum Gasteiger partial charge on any atom is 0.297 e. The molecule has 1 fully saturated rings. The molecule has 0 saturated carbocycles. The summed E-state index contributed by atoms with van der Waals surface area (Å²) >= 11 is 0.939. The normalized spacial score (nSPS) is 17.8. The Morgan fingerprint density at radius 3 is 1.40 bits per heavy atom. The van der Waals surface area contributed by atoms with Gasteiger partial charge in [-0.05, 0) is 108 Å². The van der Waals surface area contributed by atoms with E-state index in [9.17, 15) is 35.4 Å². The van der Waals surface area contributed by atoms with E-state index in [1.165, 1.54) is 51.4 Å². The highest BCUT2D eigenvalue weighted by molar-refractivity contribution is 7.99. The maximum atomic E-state index is 12.7. The average molecular weight is 826 g/mol. The van der Waals surface area contributed by atoms with Crippen molar-refractivity contribution in [3.8, 4) is 142 Å². The van der Waals surface area contributed by atoms with Crippen molar-refractivity contribution >= 4 is 17.7 Å². The quantitative estimate of drug-likeness (QED) is 0.0720. The van der Waals surface area contributed by atoms with E-state index >= 15 is 0 Å². The summed E-state index contributed by atoms with van der Waals surface area (Å²) in [5, 5.41) is 64.8. The summed E-state index contributed by atoms with van der Waals surface area (Å²) < 4.78 is 5.55. The number of thioether (sulfide) groups is 1. The molecule has 1 aliphatic heterocycles. The van der Waals surface area contributed by atoms with Crippen molar-refractivity contribution in [2.75, 3.05) is 12.4 Å². The first kappa shape index (κ1) is 52.3. The van der Waals surface area contributed by atoms with Crippen LogP contribution in [0.3, 0.4) is 0 Å². The van der Waals surface area contributed by atoms with E-state index in [1.807, 2.05) is 0 Å². The number of rotatable bonds is 20. The Kier molecular flexibility index (Phi) is 31.7. The maximum absolute atomic E-state index is 12.7. The fourth-order valence-electron chi connectivity index (χ4n) is 5.24. The summed E-state index contributed by atoms with van der Waals surface area (Å²) in [5.74, 6) is 58.7. The van der Waals surface area contributed by atoms with Gasteiger partial charge in [-0.1, -0.05) is 89.9 Å². The highest BCUT2D eigenvalue weighted by atomic mass is 32.2. The largest absolute Gasteiger partial charge is 0.394 e. The van der Waals surface area contributed by atoms with Crippen molar-refractivity contribution in [2.45, 2.75) is 145 Å². The zero-order valence-electron chi connectivity index (χ0n) is 34.1. The minimum atomic E-state index is -1.59. The molecular weight excluding hydrogens is 775 g/mol. The van der Waals surface area contributed by atoms with Crippen LogP contribution in [0.4, 0.5) is 0 Å². The first-order valence-electron chi connectivity index (χ1n) is 19.8. The second-order valence-corrected chi connectivity index (χ2v) is 14.1. The lowest BCUT2D eigenvalue weighted by molar-refractivity contribution is -0.205. The third kappa shape index (κ3) is 26.3. The lowest BCUT2D eigenvalue weighted by Crippen LogP contribution is -2.58. The molecule has 310 valence electrons. The summed E-state index contributed by atoms with van der Waals surface area (Å²) in [7, 11) is 0. The van der Waals surface area contributed by atoms with Crippen molar-refractivity contribution in [3.05, 3.63) is 0 Å². The molecule has 10 heteroatoms. The van der Waals surface area contributed by atoms with Gasteiger partial charge in [0, 0.05) is 47.2 Å². The molecular formula is C50H51NO8S. The summed E-state index contributed by atoms with van der Waals surface area (Å²) in [6.07, 6.45) is 5.83. The number of hydrogen-bond donors (Lipinski definition) is 7. The second kappa shape index (κ2) is 36.3. The zero-order valence-corrected chi connectivity index (χ0v) is 34.9. The van der Waals surface area contributed by atoms with E-state index in [4.69, 9.17) is 4.74 Å². The van der Waals surface area contributed by atoms with Gasteiger partial charge < -0.3 is 40.7 Å². The molecule has 0 aromatic carbocycles. The van der Waals surface area contributed by atoms with Crippen molar-refractivity contribution in [3.63, 3.8) is 0 Å². The van der Waals surface area contributed by atoms with Crippen LogP contribution >= 0.6 is 11.8 Å². The Bertz CT molecular complexity index is 2140. The molecule has 0 radical (unpaired) electrons. The second-order valence-electron chi connectivity index (χ2n) is 13.0. The molecule has 0 spiro atoms. The SMILES string of the molecule is CC#CC#CC#CC#CC#CC#CC#CC#CC#CC#CC#CC#CC(=O)N[C@@H](CS[C@@H]1OC(CO)[C@H](O)[C@H](O)C1O)[C@H](O)[C@H](O)CCCCCCCCCCCCCC. The fourth-order valence-corrected chi connectivity index (χ4v) is 6.50. The van der Waals surface area contributed by atoms with Crippen molar-refractivity contribution in [1.82, 2.24) is 5.32 Å². The predicted octanol–water partition coefficient (Wildman–Crippen LogP) is 1.88. The monoisotopic (exact) mass is 825 g/mol. The van der Waals surface area contributed by atoms with Crippen LogP contribution in [0.1, 0.15) is 97.3 Å². The minimum Gasteiger partial charge on any atom is -0.394 e. The molecule has 7 N–H and O–H groups in total. The number of ether oxygens (including phenoxy) is 1. The van der Waals surface area contributed by atoms with Gasteiger partial charge in [-0.3, -0.25) is 4.79 Å². The molecule has 9 nitrogen and oxygen atoms in total. The molecule has 1 aliphatic rings. The number of aliphatic hydroxyl groups excluding tert-OH is 6. The lowest BCUT2D eigenvalue weighted by Gasteiger charge is -2.40. The van der Waals surface area contributed by atoms with Crippen LogP contribution < -0.4 is 5.32 Å². The molecule has 1 rings (SSSR count). The third-order valence-corrected chi connectivity index (χ3v) is 9.65. The first-order valence-corrected chi connectivity index (χ1v) is 20.8. The van der Waals surface area contributed by atoms with E-state index in [1.54, 1.807) is 6.92 Å². The van der Waals surface area contributed by atoms with Gasteiger partial charge in [-0.15, -0.1) is 11.8 Å². The Morgan fingerprint density at radius 2 is 0.983 bits per heavy atom. The van der Waals surface area contributed by atoms with Gasteiger partial charge in [0.15, 0.2) is 0 Å². The van der Waals surface area contributed by atoms with Crippen molar-refractivity contribution in [2.24, 2.45) is 0 Å². The molecule has 0 aliphatic carbocycles. The van der Waals surface area contributed by atoms with E-state index < -0.39 is 60.6 Å². The average Bonchev–Trinajstić information content (AvgIpc) is 3.25. The Balaban J connectivity index is 2.73. The molecule has 1 amide bonds. The minimum absolute atomic E-state index is 0.0707. The van der Waals surface area contributed by atoms with Crippen molar-refractivity contribution < 1.29 is 40.2 Å². The number of aliphatic hydroxyl groups is 6. The molecule has 2 unspecified atom stereocenters. The summed E-state index contributed by atoms with van der Waals surface area (Å²) in [5.41, 5.74) is -1.10. The summed E-state index contributed by atoms with van der Waals surface area (Å²) in [4.78, 5) is 12.7. The van der Waals surface area contributed by atoms with E-state index in [0.717, 1.165) is 31.0 Å². The fraction of sp³-hybridized carbons (Fsp3) is 0.500. The third-order valence-electron chi connectivity index (χ3n) is 8.38. The van der Waals surface area contributed by atoms with Gasteiger partial charge >= 0.3 is 0 Å². The molecule has 0 aromatic heterocycles. The van der Waals surface area contributed by atoms with Crippen LogP contribution in [0, 0.1) is 142 Å². The highest BCUT2D eigenvalue weighted by Crippen LogP contribution is 2.29. The van der Waals surface area contributed by atoms with Gasteiger partial charge in [0.2, 0.25) is 0 Å². The number of unbranched alkanes of at least 4 members (excludes halogenated alkanes) is 11. The van der Waals surface area contributed by atoms with Crippen LogP contribution in [0.25, 0.3) is 0 Å². The number of amides is 1. The molecule has 0 bridgehead atoms. The van der Waals surface area contributed by atoms with Crippen molar-refractivity contribution in [1.29, 1.82) is 0 Å². The highest BCUT2D eigenvalue weighted by Gasteiger charge is 2.44. The number of hydrogen-bond acceptors (Lipinski definition) is 9. The number of nitrogens with one attached hydrogen (secondary N) is 1. The van der Waals surface area contributed by atoms with Gasteiger partial charge in [0.1, 0.15) is 36.0 Å². The molecule has 0 aromatic rings. The summed E-state index contributed by atoms with van der Waals surface area (Å²) in [6, 6.07) is -1.05. The van der Waals surface area contributed by atoms with Gasteiger partial charge in [0.25, 0.3) is 5.91 Å². The lowest BCUT2D eigenvalue weighted by atomic mass is 9.99.